The Morgan fingerprint density at radius 1 is 1.64 bits per heavy atom. The zero-order valence-corrected chi connectivity index (χ0v) is 7.48. The lowest BCUT2D eigenvalue weighted by Crippen LogP contribution is -2.29. The molecule has 11 heavy (non-hydrogen) atoms. The predicted molar refractivity (Wildman–Crippen MR) is 44.3 cm³/mol. The molecule has 0 aromatic carbocycles. The minimum absolute atomic E-state index is 0.0671. The molecule has 1 saturated heterocycles. The van der Waals surface area contributed by atoms with Gasteiger partial charge in [0, 0.05) is 26.3 Å². The molecule has 1 unspecified atom stereocenters. The average Bonchev–Trinajstić information content (AvgIpc) is 2.34. The molecule has 1 heterocycles. The van der Waals surface area contributed by atoms with Crippen LogP contribution in [0.4, 0.5) is 0 Å². The van der Waals surface area contributed by atoms with Gasteiger partial charge in [-0.05, 0) is 0 Å². The quantitative estimate of drug-likeness (QED) is 0.574. The lowest BCUT2D eigenvalue weighted by Gasteiger charge is -2.13. The highest BCUT2D eigenvalue weighted by Crippen LogP contribution is 2.26. The van der Waals surface area contributed by atoms with Crippen molar-refractivity contribution in [3.05, 3.63) is 0 Å². The van der Waals surface area contributed by atoms with Gasteiger partial charge in [-0.2, -0.15) is 0 Å². The standard InChI is InChI=1S/C7H11NO2S/c1-8(2)7(10)5-3-6(9)11-4-5/h5H,3-4H2,1-2H3. The van der Waals surface area contributed by atoms with Crippen molar-refractivity contribution in [1.29, 1.82) is 0 Å². The number of rotatable bonds is 1. The molecular weight excluding hydrogens is 162 g/mol. The molecule has 4 heteroatoms. The number of nitrogens with zero attached hydrogens (tertiary/aromatic N) is 1. The van der Waals surface area contributed by atoms with E-state index in [1.807, 2.05) is 0 Å². The fourth-order valence-corrected chi connectivity index (χ4v) is 2.00. The summed E-state index contributed by atoms with van der Waals surface area (Å²) >= 11 is 1.26. The molecule has 0 aliphatic carbocycles. The van der Waals surface area contributed by atoms with Crippen LogP contribution in [0.1, 0.15) is 6.42 Å². The summed E-state index contributed by atoms with van der Waals surface area (Å²) in [4.78, 5) is 23.6. The molecule has 0 N–H and O–H groups in total. The van der Waals surface area contributed by atoms with Crippen LogP contribution >= 0.6 is 11.8 Å². The minimum Gasteiger partial charge on any atom is -0.349 e. The molecule has 0 spiro atoms. The Labute approximate surface area is 70.1 Å². The molecule has 0 aromatic heterocycles. The van der Waals surface area contributed by atoms with E-state index in [4.69, 9.17) is 0 Å². The van der Waals surface area contributed by atoms with E-state index in [0.29, 0.717) is 12.2 Å². The first kappa shape index (κ1) is 8.59. The fourth-order valence-electron chi connectivity index (χ4n) is 1.04. The molecule has 62 valence electrons. The summed E-state index contributed by atoms with van der Waals surface area (Å²) in [6.45, 7) is 0. The lowest BCUT2D eigenvalue weighted by molar-refractivity contribution is -0.133. The summed E-state index contributed by atoms with van der Waals surface area (Å²) in [7, 11) is 3.44. The van der Waals surface area contributed by atoms with Crippen LogP contribution in [-0.2, 0) is 9.59 Å². The number of thioether (sulfide) groups is 1. The number of carbonyl (C=O) groups excluding carboxylic acids is 2. The number of hydrogen-bond acceptors (Lipinski definition) is 3. The summed E-state index contributed by atoms with van der Waals surface area (Å²) < 4.78 is 0. The Morgan fingerprint density at radius 2 is 2.27 bits per heavy atom. The molecule has 1 rings (SSSR count). The van der Waals surface area contributed by atoms with Gasteiger partial charge >= 0.3 is 0 Å². The molecule has 0 aromatic rings. The van der Waals surface area contributed by atoms with Gasteiger partial charge in [0.05, 0.1) is 5.92 Å². The van der Waals surface area contributed by atoms with Crippen LogP contribution in [0.15, 0.2) is 0 Å². The molecule has 1 aliphatic rings. The Hall–Kier alpha value is -0.510. The van der Waals surface area contributed by atoms with Crippen molar-refractivity contribution in [3.8, 4) is 0 Å². The highest BCUT2D eigenvalue weighted by atomic mass is 32.2. The van der Waals surface area contributed by atoms with Crippen molar-refractivity contribution < 1.29 is 9.59 Å². The van der Waals surface area contributed by atoms with Gasteiger partial charge in [-0.15, -0.1) is 0 Å². The second kappa shape index (κ2) is 3.26. The average molecular weight is 173 g/mol. The maximum absolute atomic E-state index is 11.3. The van der Waals surface area contributed by atoms with Gasteiger partial charge in [0.25, 0.3) is 0 Å². The van der Waals surface area contributed by atoms with Crippen LogP contribution in [0.25, 0.3) is 0 Å². The molecule has 0 radical (unpaired) electrons. The highest BCUT2D eigenvalue weighted by molar-refractivity contribution is 8.14. The monoisotopic (exact) mass is 173 g/mol. The third-order valence-electron chi connectivity index (χ3n) is 1.65. The Kier molecular flexibility index (Phi) is 2.54. The third-order valence-corrected chi connectivity index (χ3v) is 2.71. The summed E-state index contributed by atoms with van der Waals surface area (Å²) in [5.74, 6) is 0.668. The van der Waals surface area contributed by atoms with Crippen molar-refractivity contribution in [2.75, 3.05) is 19.8 Å². The Morgan fingerprint density at radius 3 is 2.64 bits per heavy atom. The smallest absolute Gasteiger partial charge is 0.226 e. The molecule has 1 atom stereocenters. The number of carbonyl (C=O) groups is 2. The summed E-state index contributed by atoms with van der Waals surface area (Å²) in [6, 6.07) is 0. The summed E-state index contributed by atoms with van der Waals surface area (Å²) in [5.41, 5.74) is 0. The Bertz CT molecular complexity index is 191. The van der Waals surface area contributed by atoms with Crippen LogP contribution in [0.2, 0.25) is 0 Å². The van der Waals surface area contributed by atoms with E-state index < -0.39 is 0 Å². The van der Waals surface area contributed by atoms with Crippen LogP contribution in [0.3, 0.4) is 0 Å². The van der Waals surface area contributed by atoms with Crippen LogP contribution in [0.5, 0.6) is 0 Å². The maximum atomic E-state index is 11.3. The molecule has 1 amide bonds. The van der Waals surface area contributed by atoms with Crippen molar-refractivity contribution >= 4 is 22.8 Å². The topological polar surface area (TPSA) is 37.4 Å². The first-order valence-corrected chi connectivity index (χ1v) is 4.46. The van der Waals surface area contributed by atoms with E-state index >= 15 is 0 Å². The number of amides is 1. The Balaban J connectivity index is 2.50. The first-order valence-electron chi connectivity index (χ1n) is 3.48. The predicted octanol–water partition coefficient (Wildman–Crippen LogP) is 0.354. The maximum Gasteiger partial charge on any atom is 0.226 e. The lowest BCUT2D eigenvalue weighted by atomic mass is 10.1. The van der Waals surface area contributed by atoms with Crippen LogP contribution in [-0.4, -0.2) is 35.8 Å². The van der Waals surface area contributed by atoms with Crippen molar-refractivity contribution in [2.24, 2.45) is 5.92 Å². The van der Waals surface area contributed by atoms with E-state index in [-0.39, 0.29) is 16.9 Å². The zero-order valence-electron chi connectivity index (χ0n) is 6.66. The van der Waals surface area contributed by atoms with E-state index in [9.17, 15) is 9.59 Å². The van der Waals surface area contributed by atoms with Gasteiger partial charge in [-0.25, -0.2) is 0 Å². The van der Waals surface area contributed by atoms with Crippen LogP contribution in [0, 0.1) is 5.92 Å². The van der Waals surface area contributed by atoms with Gasteiger partial charge in [0.15, 0.2) is 5.12 Å². The molecular formula is C7H11NO2S. The second-order valence-corrected chi connectivity index (χ2v) is 3.89. The van der Waals surface area contributed by atoms with Crippen molar-refractivity contribution in [2.45, 2.75) is 6.42 Å². The summed E-state index contributed by atoms with van der Waals surface area (Å²) in [5, 5.41) is 0.144. The number of hydrogen-bond donors (Lipinski definition) is 0. The van der Waals surface area contributed by atoms with E-state index in [1.165, 1.54) is 11.8 Å². The second-order valence-electron chi connectivity index (χ2n) is 2.82. The zero-order chi connectivity index (χ0) is 8.43. The normalized spacial score (nSPS) is 23.8. The van der Waals surface area contributed by atoms with Gasteiger partial charge in [0.1, 0.15) is 0 Å². The third kappa shape index (κ3) is 1.96. The largest absolute Gasteiger partial charge is 0.349 e. The molecule has 3 nitrogen and oxygen atoms in total. The fraction of sp³-hybridized carbons (Fsp3) is 0.714. The highest BCUT2D eigenvalue weighted by Gasteiger charge is 2.29. The van der Waals surface area contributed by atoms with Crippen molar-refractivity contribution in [3.63, 3.8) is 0 Å². The van der Waals surface area contributed by atoms with E-state index in [0.717, 1.165) is 0 Å². The van der Waals surface area contributed by atoms with E-state index in [2.05, 4.69) is 0 Å². The summed E-state index contributed by atoms with van der Waals surface area (Å²) in [6.07, 6.45) is 0.418. The van der Waals surface area contributed by atoms with Gasteiger partial charge in [0.2, 0.25) is 5.91 Å². The molecule has 1 aliphatic heterocycles. The van der Waals surface area contributed by atoms with Gasteiger partial charge < -0.3 is 4.90 Å². The van der Waals surface area contributed by atoms with Gasteiger partial charge in [-0.3, -0.25) is 9.59 Å². The van der Waals surface area contributed by atoms with Crippen molar-refractivity contribution in [1.82, 2.24) is 4.90 Å². The van der Waals surface area contributed by atoms with E-state index in [1.54, 1.807) is 19.0 Å². The minimum atomic E-state index is -0.0671. The van der Waals surface area contributed by atoms with Crippen LogP contribution < -0.4 is 0 Å². The molecule has 1 fully saturated rings. The first-order chi connectivity index (χ1) is 5.11. The SMILES string of the molecule is CN(C)C(=O)C1CSC(=O)C1. The van der Waals surface area contributed by atoms with Gasteiger partial charge in [-0.1, -0.05) is 11.8 Å². The molecule has 0 saturated carbocycles. The molecule has 0 bridgehead atoms.